The Kier molecular flexibility index (Phi) is 5.65. The van der Waals surface area contributed by atoms with Gasteiger partial charge in [-0.3, -0.25) is 14.2 Å². The number of carbonyl (C=O) groups is 1. The van der Waals surface area contributed by atoms with Crippen molar-refractivity contribution in [1.29, 1.82) is 0 Å². The van der Waals surface area contributed by atoms with Gasteiger partial charge in [-0.2, -0.15) is 0 Å². The number of anilines is 1. The van der Waals surface area contributed by atoms with Gasteiger partial charge in [-0.1, -0.05) is 35.9 Å². The highest BCUT2D eigenvalue weighted by Crippen LogP contribution is 2.20. The normalized spacial score (nSPS) is 10.8. The molecule has 0 fully saturated rings. The number of amides is 1. The van der Waals surface area contributed by atoms with Gasteiger partial charge in [-0.15, -0.1) is 0 Å². The standard InChI is InChI=1S/C19H18ClN3O3/c1-26-11-10-23-17(21-15-8-4-2-6-13(15)19(23)25)12-18(24)22-16-9-5-3-7-14(16)20/h2-9H,10-12H2,1H3,(H,22,24). The quantitative estimate of drug-likeness (QED) is 0.723. The van der Waals surface area contributed by atoms with E-state index < -0.39 is 0 Å². The lowest BCUT2D eigenvalue weighted by molar-refractivity contribution is -0.115. The summed E-state index contributed by atoms with van der Waals surface area (Å²) in [5, 5.41) is 3.71. The molecule has 0 spiro atoms. The van der Waals surface area contributed by atoms with Crippen molar-refractivity contribution < 1.29 is 9.53 Å². The molecule has 0 radical (unpaired) electrons. The Hall–Kier alpha value is -2.70. The molecule has 1 heterocycles. The van der Waals surface area contributed by atoms with E-state index in [2.05, 4.69) is 10.3 Å². The van der Waals surface area contributed by atoms with Gasteiger partial charge in [0.2, 0.25) is 5.91 Å². The van der Waals surface area contributed by atoms with Gasteiger partial charge in [0.1, 0.15) is 5.82 Å². The van der Waals surface area contributed by atoms with E-state index in [9.17, 15) is 9.59 Å². The van der Waals surface area contributed by atoms with Crippen LogP contribution in [0.2, 0.25) is 5.02 Å². The lowest BCUT2D eigenvalue weighted by Gasteiger charge is -2.13. The van der Waals surface area contributed by atoms with Gasteiger partial charge < -0.3 is 10.1 Å². The predicted octanol–water partition coefficient (Wildman–Crippen LogP) is 2.88. The maximum absolute atomic E-state index is 12.8. The van der Waals surface area contributed by atoms with Crippen molar-refractivity contribution in [2.45, 2.75) is 13.0 Å². The fourth-order valence-electron chi connectivity index (χ4n) is 2.66. The molecule has 3 rings (SSSR count). The largest absolute Gasteiger partial charge is 0.383 e. The van der Waals surface area contributed by atoms with Gasteiger partial charge in [0.05, 0.1) is 41.2 Å². The summed E-state index contributed by atoms with van der Waals surface area (Å²) in [4.78, 5) is 29.7. The van der Waals surface area contributed by atoms with E-state index >= 15 is 0 Å². The Balaban J connectivity index is 1.93. The van der Waals surface area contributed by atoms with Gasteiger partial charge in [0.25, 0.3) is 5.56 Å². The fourth-order valence-corrected chi connectivity index (χ4v) is 2.85. The van der Waals surface area contributed by atoms with Crippen molar-refractivity contribution in [2.75, 3.05) is 19.0 Å². The molecule has 1 aromatic heterocycles. The van der Waals surface area contributed by atoms with Crippen molar-refractivity contribution in [3.05, 3.63) is 69.7 Å². The van der Waals surface area contributed by atoms with Gasteiger partial charge in [0.15, 0.2) is 0 Å². The van der Waals surface area contributed by atoms with E-state index in [1.807, 2.05) is 6.07 Å². The number of benzene rings is 2. The van der Waals surface area contributed by atoms with Gasteiger partial charge >= 0.3 is 0 Å². The van der Waals surface area contributed by atoms with Crippen molar-refractivity contribution >= 4 is 34.1 Å². The second kappa shape index (κ2) is 8.12. The Bertz CT molecular complexity index is 1000. The van der Waals surface area contributed by atoms with E-state index in [0.717, 1.165) is 0 Å². The molecular formula is C19H18ClN3O3. The Morgan fingerprint density at radius 2 is 1.92 bits per heavy atom. The average Bonchev–Trinajstić information content (AvgIpc) is 2.63. The monoisotopic (exact) mass is 371 g/mol. The molecule has 6 nitrogen and oxygen atoms in total. The van der Waals surface area contributed by atoms with Crippen molar-refractivity contribution in [1.82, 2.24) is 9.55 Å². The third-order valence-electron chi connectivity index (χ3n) is 3.93. The number of methoxy groups -OCH3 is 1. The van der Waals surface area contributed by atoms with Crippen LogP contribution < -0.4 is 10.9 Å². The van der Waals surface area contributed by atoms with Crippen LogP contribution in [-0.2, 0) is 22.5 Å². The van der Waals surface area contributed by atoms with Crippen LogP contribution in [0.15, 0.2) is 53.3 Å². The zero-order chi connectivity index (χ0) is 18.5. The summed E-state index contributed by atoms with van der Waals surface area (Å²) in [6.07, 6.45) is -0.0466. The van der Waals surface area contributed by atoms with Crippen LogP contribution in [0.5, 0.6) is 0 Å². The van der Waals surface area contributed by atoms with Crippen LogP contribution in [-0.4, -0.2) is 29.2 Å². The predicted molar refractivity (Wildman–Crippen MR) is 102 cm³/mol. The number of carbonyl (C=O) groups excluding carboxylic acids is 1. The van der Waals surface area contributed by atoms with Crippen molar-refractivity contribution in [3.8, 4) is 0 Å². The van der Waals surface area contributed by atoms with Crippen LogP contribution in [0.3, 0.4) is 0 Å². The summed E-state index contributed by atoms with van der Waals surface area (Å²) in [5.74, 6) is 0.0850. The van der Waals surface area contributed by atoms with Crippen molar-refractivity contribution in [3.63, 3.8) is 0 Å². The van der Waals surface area contributed by atoms with Crippen LogP contribution in [0.4, 0.5) is 5.69 Å². The maximum atomic E-state index is 12.8. The second-order valence-corrected chi connectivity index (χ2v) is 6.11. The molecule has 0 atom stereocenters. The van der Waals surface area contributed by atoms with Crippen LogP contribution in [0.1, 0.15) is 5.82 Å². The number of rotatable bonds is 6. The molecule has 1 N–H and O–H groups in total. The molecule has 0 unspecified atom stereocenters. The number of fused-ring (bicyclic) bond motifs is 1. The highest BCUT2D eigenvalue weighted by Gasteiger charge is 2.15. The lowest BCUT2D eigenvalue weighted by atomic mass is 10.2. The molecule has 1 amide bonds. The number of halogens is 1. The lowest BCUT2D eigenvalue weighted by Crippen LogP contribution is -2.29. The fraction of sp³-hybridized carbons (Fsp3) is 0.211. The van der Waals surface area contributed by atoms with E-state index in [-0.39, 0.29) is 17.9 Å². The molecule has 0 bridgehead atoms. The van der Waals surface area contributed by atoms with E-state index in [0.29, 0.717) is 40.6 Å². The third kappa shape index (κ3) is 3.92. The summed E-state index contributed by atoms with van der Waals surface area (Å²) in [6, 6.07) is 14.0. The third-order valence-corrected chi connectivity index (χ3v) is 4.26. The Labute approximate surface area is 155 Å². The molecule has 0 aliphatic rings. The zero-order valence-corrected chi connectivity index (χ0v) is 15.0. The summed E-state index contributed by atoms with van der Waals surface area (Å²) in [5.41, 5.74) is 0.894. The molecule has 3 aromatic rings. The molecule has 0 aliphatic heterocycles. The molecule has 0 saturated carbocycles. The summed E-state index contributed by atoms with van der Waals surface area (Å²) < 4.78 is 6.56. The first-order chi connectivity index (χ1) is 12.6. The minimum atomic E-state index is -0.300. The Morgan fingerprint density at radius 3 is 2.69 bits per heavy atom. The van der Waals surface area contributed by atoms with Crippen LogP contribution >= 0.6 is 11.6 Å². The number of nitrogens with one attached hydrogen (secondary N) is 1. The molecule has 134 valence electrons. The number of para-hydroxylation sites is 2. The topological polar surface area (TPSA) is 73.2 Å². The van der Waals surface area contributed by atoms with Gasteiger partial charge in [-0.05, 0) is 24.3 Å². The van der Waals surface area contributed by atoms with Gasteiger partial charge in [-0.25, -0.2) is 4.98 Å². The minimum Gasteiger partial charge on any atom is -0.383 e. The molecule has 7 heteroatoms. The maximum Gasteiger partial charge on any atom is 0.261 e. The molecular weight excluding hydrogens is 354 g/mol. The van der Waals surface area contributed by atoms with E-state index in [1.165, 1.54) is 4.57 Å². The first-order valence-electron chi connectivity index (χ1n) is 8.12. The smallest absolute Gasteiger partial charge is 0.261 e. The molecule has 2 aromatic carbocycles. The second-order valence-electron chi connectivity index (χ2n) is 5.70. The van der Waals surface area contributed by atoms with Crippen LogP contribution in [0, 0.1) is 0 Å². The highest BCUT2D eigenvalue weighted by atomic mass is 35.5. The summed E-state index contributed by atoms with van der Waals surface area (Å²) >= 11 is 6.07. The number of hydrogen-bond acceptors (Lipinski definition) is 4. The SMILES string of the molecule is COCCn1c(CC(=O)Nc2ccccc2Cl)nc2ccccc2c1=O. The summed E-state index contributed by atoms with van der Waals surface area (Å²) in [6.45, 7) is 0.668. The number of aromatic nitrogens is 2. The molecule has 26 heavy (non-hydrogen) atoms. The molecule has 0 saturated heterocycles. The van der Waals surface area contributed by atoms with E-state index in [1.54, 1.807) is 49.6 Å². The molecule has 0 aliphatic carbocycles. The number of nitrogens with zero attached hydrogens (tertiary/aromatic N) is 2. The number of ether oxygens (including phenoxy) is 1. The zero-order valence-electron chi connectivity index (χ0n) is 14.2. The van der Waals surface area contributed by atoms with Crippen LogP contribution in [0.25, 0.3) is 10.9 Å². The minimum absolute atomic E-state index is 0.0466. The first-order valence-corrected chi connectivity index (χ1v) is 8.49. The highest BCUT2D eigenvalue weighted by molar-refractivity contribution is 6.33. The number of hydrogen-bond donors (Lipinski definition) is 1. The Morgan fingerprint density at radius 1 is 1.19 bits per heavy atom. The average molecular weight is 372 g/mol. The van der Waals surface area contributed by atoms with Crippen molar-refractivity contribution in [2.24, 2.45) is 0 Å². The first kappa shape index (κ1) is 18.1. The summed E-state index contributed by atoms with van der Waals surface area (Å²) in [7, 11) is 1.56. The van der Waals surface area contributed by atoms with E-state index in [4.69, 9.17) is 16.3 Å². The van der Waals surface area contributed by atoms with Gasteiger partial charge in [0, 0.05) is 7.11 Å².